The first-order chi connectivity index (χ1) is 6.76. The van der Waals surface area contributed by atoms with Crippen molar-refractivity contribution in [2.75, 3.05) is 0 Å². The van der Waals surface area contributed by atoms with E-state index >= 15 is 0 Å². The van der Waals surface area contributed by atoms with Crippen molar-refractivity contribution in [3.05, 3.63) is 33.1 Å². The molecule has 1 aromatic heterocycles. The van der Waals surface area contributed by atoms with E-state index in [4.69, 9.17) is 16.7 Å². The predicted molar refractivity (Wildman–Crippen MR) is 65.0 cm³/mol. The van der Waals surface area contributed by atoms with E-state index in [0.717, 1.165) is 25.0 Å². The molecule has 0 atom stereocenters. The van der Waals surface area contributed by atoms with Crippen molar-refractivity contribution in [3.63, 3.8) is 0 Å². The quantitative estimate of drug-likeness (QED) is 0.832. The molecule has 0 unspecified atom stereocenters. The van der Waals surface area contributed by atoms with Crippen LogP contribution in [-0.2, 0) is 12.5 Å². The smallest absolute Gasteiger partial charge is 0.0711 e. The number of hydrogen-bond donors (Lipinski definition) is 1. The Hall–Kier alpha value is -0.0900. The van der Waals surface area contributed by atoms with Crippen LogP contribution in [0.3, 0.4) is 0 Å². The number of aliphatic hydroxyl groups is 1. The summed E-state index contributed by atoms with van der Waals surface area (Å²) in [5, 5.41) is 10.3. The van der Waals surface area contributed by atoms with Gasteiger partial charge in [0.25, 0.3) is 0 Å². The topological polar surface area (TPSA) is 20.2 Å². The van der Waals surface area contributed by atoms with Crippen LogP contribution in [0.1, 0.15) is 11.1 Å². The molecule has 0 spiro atoms. The molecule has 0 radical (unpaired) electrons. The van der Waals surface area contributed by atoms with Crippen LogP contribution in [-0.4, -0.2) is 5.11 Å². The number of rotatable bonds is 2. The largest absolute Gasteiger partial charge is 0.392 e. The van der Waals surface area contributed by atoms with Crippen molar-refractivity contribution in [2.24, 2.45) is 0 Å². The maximum Gasteiger partial charge on any atom is 0.0711 e. The monoisotopic (exact) mass is 290 g/mol. The number of halogens is 2. The van der Waals surface area contributed by atoms with E-state index in [1.54, 1.807) is 11.3 Å². The highest BCUT2D eigenvalue weighted by atomic mass is 79.9. The van der Waals surface area contributed by atoms with E-state index in [-0.39, 0.29) is 6.61 Å². The van der Waals surface area contributed by atoms with Gasteiger partial charge in [0.1, 0.15) is 0 Å². The van der Waals surface area contributed by atoms with Crippen LogP contribution in [0.4, 0.5) is 0 Å². The maximum absolute atomic E-state index is 9.17. The van der Waals surface area contributed by atoms with Crippen LogP contribution in [0, 0.1) is 0 Å². The van der Waals surface area contributed by atoms with Gasteiger partial charge in [-0.2, -0.15) is 0 Å². The van der Waals surface area contributed by atoms with Crippen molar-refractivity contribution in [1.82, 2.24) is 0 Å². The summed E-state index contributed by atoms with van der Waals surface area (Å²) >= 11 is 10.9. The van der Waals surface area contributed by atoms with Crippen molar-refractivity contribution < 1.29 is 5.11 Å². The fraction of sp³-hybridized carbons (Fsp3) is 0.200. The number of alkyl halides is 1. The third-order valence-corrected chi connectivity index (χ3v) is 4.14. The number of hydrogen-bond acceptors (Lipinski definition) is 2. The molecular weight excluding hydrogens is 284 g/mol. The van der Waals surface area contributed by atoms with Crippen LogP contribution in [0.15, 0.2) is 22.0 Å². The molecule has 4 heteroatoms. The summed E-state index contributed by atoms with van der Waals surface area (Å²) in [7, 11) is 0. The van der Waals surface area contributed by atoms with Gasteiger partial charge in [0.2, 0.25) is 0 Å². The zero-order valence-electron chi connectivity index (χ0n) is 7.26. The van der Waals surface area contributed by atoms with Crippen molar-refractivity contribution in [1.29, 1.82) is 0 Å². The van der Waals surface area contributed by atoms with E-state index in [1.807, 2.05) is 12.1 Å². The average molecular weight is 292 g/mol. The van der Waals surface area contributed by atoms with Gasteiger partial charge in [0.05, 0.1) is 10.4 Å². The minimum Gasteiger partial charge on any atom is -0.392 e. The summed E-state index contributed by atoms with van der Waals surface area (Å²) in [6.07, 6.45) is 0. The zero-order chi connectivity index (χ0) is 10.1. The second-order valence-electron chi connectivity index (χ2n) is 2.97. The Balaban J connectivity index is 2.77. The van der Waals surface area contributed by atoms with Crippen LogP contribution < -0.4 is 0 Å². The molecule has 0 aliphatic carbocycles. The van der Waals surface area contributed by atoms with Gasteiger partial charge in [0.15, 0.2) is 0 Å². The van der Waals surface area contributed by atoms with Gasteiger partial charge in [-0.15, -0.1) is 22.9 Å². The Morgan fingerprint density at radius 1 is 1.36 bits per heavy atom. The highest BCUT2D eigenvalue weighted by Crippen LogP contribution is 2.35. The van der Waals surface area contributed by atoms with Crippen LogP contribution in [0.5, 0.6) is 0 Å². The van der Waals surface area contributed by atoms with Crippen molar-refractivity contribution in [3.8, 4) is 0 Å². The lowest BCUT2D eigenvalue weighted by molar-refractivity contribution is 0.283. The Labute approximate surface area is 99.4 Å². The van der Waals surface area contributed by atoms with Gasteiger partial charge in [-0.3, -0.25) is 0 Å². The minimum atomic E-state index is 0.0754. The standard InChI is InChI=1S/C10H8BrClOS/c11-9-3-8-6(4-12)1-2-7(5-13)10(8)14-9/h1-3,13H,4-5H2. The molecule has 0 saturated heterocycles. The first-order valence-corrected chi connectivity index (χ1v) is 6.27. The molecule has 0 amide bonds. The molecule has 2 aromatic rings. The van der Waals surface area contributed by atoms with Gasteiger partial charge >= 0.3 is 0 Å². The summed E-state index contributed by atoms with van der Waals surface area (Å²) in [6.45, 7) is 0.0754. The van der Waals surface area contributed by atoms with E-state index in [2.05, 4.69) is 22.0 Å². The number of aliphatic hydroxyl groups excluding tert-OH is 1. The summed E-state index contributed by atoms with van der Waals surface area (Å²) in [6, 6.07) is 5.96. The number of thiophene rings is 1. The van der Waals surface area contributed by atoms with Crippen LogP contribution >= 0.6 is 38.9 Å². The predicted octanol–water partition coefficient (Wildman–Crippen LogP) is 3.89. The van der Waals surface area contributed by atoms with Crippen molar-refractivity contribution >= 4 is 49.0 Å². The van der Waals surface area contributed by atoms with Crippen LogP contribution in [0.2, 0.25) is 0 Å². The van der Waals surface area contributed by atoms with Gasteiger partial charge in [-0.1, -0.05) is 12.1 Å². The molecule has 1 heterocycles. The van der Waals surface area contributed by atoms with Gasteiger partial charge in [-0.25, -0.2) is 0 Å². The molecule has 0 fully saturated rings. The lowest BCUT2D eigenvalue weighted by atomic mass is 10.1. The Bertz CT molecular complexity index is 425. The molecule has 1 nitrogen and oxygen atoms in total. The second-order valence-corrected chi connectivity index (χ2v) is 5.67. The SMILES string of the molecule is OCc1ccc(CCl)c2cc(Br)sc12. The minimum absolute atomic E-state index is 0.0754. The summed E-state index contributed by atoms with van der Waals surface area (Å²) < 4.78 is 2.19. The highest BCUT2D eigenvalue weighted by molar-refractivity contribution is 9.11. The number of fused-ring (bicyclic) bond motifs is 1. The Morgan fingerprint density at radius 3 is 2.71 bits per heavy atom. The van der Waals surface area contributed by atoms with E-state index < -0.39 is 0 Å². The van der Waals surface area contributed by atoms with Gasteiger partial charge in [-0.05, 0) is 38.5 Å². The molecular formula is C10H8BrClOS. The lowest BCUT2D eigenvalue weighted by Crippen LogP contribution is -1.85. The third kappa shape index (κ3) is 1.70. The summed E-state index contributed by atoms with van der Waals surface area (Å²) in [4.78, 5) is 0. The fourth-order valence-corrected chi connectivity index (χ4v) is 3.33. The Kier molecular flexibility index (Phi) is 3.12. The molecule has 0 bridgehead atoms. The lowest BCUT2D eigenvalue weighted by Gasteiger charge is -2.02. The van der Waals surface area contributed by atoms with E-state index in [9.17, 15) is 0 Å². The molecule has 1 aromatic carbocycles. The first kappa shape index (κ1) is 10.4. The normalized spacial score (nSPS) is 11.1. The number of benzene rings is 1. The summed E-state index contributed by atoms with van der Waals surface area (Å²) in [5.74, 6) is 0.505. The average Bonchev–Trinajstić information content (AvgIpc) is 2.57. The molecule has 2 rings (SSSR count). The second kappa shape index (κ2) is 4.19. The molecule has 14 heavy (non-hydrogen) atoms. The molecule has 0 saturated carbocycles. The Morgan fingerprint density at radius 2 is 2.07 bits per heavy atom. The first-order valence-electron chi connectivity index (χ1n) is 4.13. The molecule has 1 N–H and O–H groups in total. The van der Waals surface area contributed by atoms with Crippen LogP contribution in [0.25, 0.3) is 10.1 Å². The van der Waals surface area contributed by atoms with Gasteiger partial charge < -0.3 is 5.11 Å². The maximum atomic E-state index is 9.17. The van der Waals surface area contributed by atoms with E-state index in [1.165, 1.54) is 0 Å². The highest BCUT2D eigenvalue weighted by Gasteiger charge is 2.08. The fourth-order valence-electron chi connectivity index (χ4n) is 1.45. The third-order valence-electron chi connectivity index (χ3n) is 2.14. The molecule has 0 aliphatic heterocycles. The molecule has 74 valence electrons. The van der Waals surface area contributed by atoms with Gasteiger partial charge in [0, 0.05) is 10.6 Å². The molecule has 0 aliphatic rings. The zero-order valence-corrected chi connectivity index (χ0v) is 10.4. The summed E-state index contributed by atoms with van der Waals surface area (Å²) in [5.41, 5.74) is 2.07. The van der Waals surface area contributed by atoms with Crippen molar-refractivity contribution in [2.45, 2.75) is 12.5 Å². The van der Waals surface area contributed by atoms with E-state index in [0.29, 0.717) is 5.88 Å².